The Balaban J connectivity index is 0.00000182. The third kappa shape index (κ3) is 3.39. The molecule has 0 saturated heterocycles. The number of carbonyl (C=O) groups is 1. The van der Waals surface area contributed by atoms with Crippen LogP contribution in [0.25, 0.3) is 11.3 Å². The molecule has 1 amide bonds. The van der Waals surface area contributed by atoms with E-state index in [9.17, 15) is 4.79 Å². The summed E-state index contributed by atoms with van der Waals surface area (Å²) in [4.78, 5) is 21.3. The molecule has 0 aliphatic heterocycles. The van der Waals surface area contributed by atoms with Crippen LogP contribution in [0.1, 0.15) is 25.1 Å². The average Bonchev–Trinajstić information content (AvgIpc) is 3.16. The highest BCUT2D eigenvalue weighted by Gasteiger charge is 2.49. The van der Waals surface area contributed by atoms with Gasteiger partial charge in [-0.3, -0.25) is 4.79 Å². The van der Waals surface area contributed by atoms with E-state index in [4.69, 9.17) is 5.73 Å². The van der Waals surface area contributed by atoms with Gasteiger partial charge in [0.25, 0.3) is 0 Å². The van der Waals surface area contributed by atoms with Gasteiger partial charge < -0.3 is 11.1 Å². The van der Waals surface area contributed by atoms with E-state index < -0.39 is 0 Å². The minimum absolute atomic E-state index is 0. The van der Waals surface area contributed by atoms with E-state index in [0.717, 1.165) is 35.6 Å². The lowest BCUT2D eigenvalue weighted by molar-refractivity contribution is -0.121. The number of nitrogens with two attached hydrogens (primary N) is 1. The van der Waals surface area contributed by atoms with Crippen LogP contribution in [0.2, 0.25) is 0 Å². The Kier molecular flexibility index (Phi) is 5.06. The number of nitrogens with zero attached hydrogens (tertiary/aromatic N) is 2. The number of hydrogen-bond donors (Lipinski definition) is 2. The molecule has 5 nitrogen and oxygen atoms in total. The van der Waals surface area contributed by atoms with E-state index in [0.29, 0.717) is 11.8 Å². The second-order valence-corrected chi connectivity index (χ2v) is 7.00. The number of hydrogen-bond acceptors (Lipinski definition) is 4. The molecule has 4 atom stereocenters. The maximum atomic E-state index is 12.7. The second-order valence-electron chi connectivity index (χ2n) is 7.00. The van der Waals surface area contributed by atoms with Gasteiger partial charge in [0.05, 0.1) is 11.6 Å². The van der Waals surface area contributed by atoms with Crippen LogP contribution in [-0.4, -0.2) is 21.9 Å². The second kappa shape index (κ2) is 7.10. The molecule has 3 N–H and O–H groups in total. The molecule has 132 valence electrons. The zero-order valence-electron chi connectivity index (χ0n) is 14.2. The molecule has 2 aromatic rings. The Morgan fingerprint density at radius 2 is 2.04 bits per heavy atom. The fraction of sp³-hybridized carbons (Fsp3) is 0.421. The van der Waals surface area contributed by atoms with Crippen molar-refractivity contribution >= 4 is 24.0 Å². The van der Waals surface area contributed by atoms with Crippen LogP contribution >= 0.6 is 12.4 Å². The predicted molar refractivity (Wildman–Crippen MR) is 100 cm³/mol. The van der Waals surface area contributed by atoms with Crippen molar-refractivity contribution < 1.29 is 4.79 Å². The average molecular weight is 359 g/mol. The molecule has 25 heavy (non-hydrogen) atoms. The first-order valence-electron chi connectivity index (χ1n) is 8.58. The van der Waals surface area contributed by atoms with E-state index in [1.807, 2.05) is 37.3 Å². The fourth-order valence-corrected chi connectivity index (χ4v) is 4.32. The van der Waals surface area contributed by atoms with Gasteiger partial charge in [-0.15, -0.1) is 12.4 Å². The quantitative estimate of drug-likeness (QED) is 0.882. The zero-order valence-corrected chi connectivity index (χ0v) is 15.0. The monoisotopic (exact) mass is 358 g/mol. The molecule has 2 bridgehead atoms. The lowest BCUT2D eigenvalue weighted by Crippen LogP contribution is -2.42. The summed E-state index contributed by atoms with van der Waals surface area (Å²) < 4.78 is 0. The molecule has 4 unspecified atom stereocenters. The number of aromatic nitrogens is 2. The Morgan fingerprint density at radius 3 is 2.76 bits per heavy atom. The first-order valence-corrected chi connectivity index (χ1v) is 8.58. The molecule has 1 aromatic heterocycles. The largest absolute Gasteiger partial charge is 0.327 e. The van der Waals surface area contributed by atoms with Gasteiger partial charge in [0.15, 0.2) is 0 Å². The Labute approximate surface area is 153 Å². The third-order valence-corrected chi connectivity index (χ3v) is 5.49. The van der Waals surface area contributed by atoms with Crippen molar-refractivity contribution in [1.82, 2.24) is 9.97 Å². The smallest absolute Gasteiger partial charge is 0.229 e. The number of nitrogens with one attached hydrogen (secondary N) is 1. The highest BCUT2D eigenvalue weighted by Crippen LogP contribution is 2.47. The van der Waals surface area contributed by atoms with Crippen molar-refractivity contribution in [3.63, 3.8) is 0 Å². The van der Waals surface area contributed by atoms with Crippen molar-refractivity contribution in [2.24, 2.45) is 23.5 Å². The van der Waals surface area contributed by atoms with Gasteiger partial charge in [0.1, 0.15) is 5.82 Å². The van der Waals surface area contributed by atoms with E-state index in [1.165, 1.54) is 6.42 Å². The van der Waals surface area contributed by atoms with Crippen molar-refractivity contribution in [2.75, 3.05) is 5.32 Å². The lowest BCUT2D eigenvalue weighted by Gasteiger charge is -2.27. The van der Waals surface area contributed by atoms with E-state index in [-0.39, 0.29) is 30.3 Å². The Bertz CT molecular complexity index is 780. The summed E-state index contributed by atoms with van der Waals surface area (Å²) in [7, 11) is 0. The molecule has 1 heterocycles. The molecule has 2 saturated carbocycles. The van der Waals surface area contributed by atoms with Gasteiger partial charge >= 0.3 is 0 Å². The SMILES string of the molecule is Cc1nccc(-c2cccc(NC(=O)C3C4CCC(C4)C3N)c2)n1.Cl. The number of halogens is 1. The van der Waals surface area contributed by atoms with Crippen LogP contribution in [0, 0.1) is 24.7 Å². The van der Waals surface area contributed by atoms with Gasteiger partial charge in [0, 0.05) is 23.5 Å². The summed E-state index contributed by atoms with van der Waals surface area (Å²) in [6.07, 6.45) is 5.17. The van der Waals surface area contributed by atoms with Crippen molar-refractivity contribution in [3.05, 3.63) is 42.4 Å². The van der Waals surface area contributed by atoms with Gasteiger partial charge in [-0.05, 0) is 56.2 Å². The molecule has 0 radical (unpaired) electrons. The molecule has 1 aromatic carbocycles. The number of rotatable bonds is 3. The summed E-state index contributed by atoms with van der Waals surface area (Å²) in [6, 6.07) is 9.67. The number of carbonyl (C=O) groups excluding carboxylic acids is 1. The third-order valence-electron chi connectivity index (χ3n) is 5.49. The maximum Gasteiger partial charge on any atom is 0.229 e. The molecule has 4 rings (SSSR count). The van der Waals surface area contributed by atoms with E-state index in [1.54, 1.807) is 6.20 Å². The van der Waals surface area contributed by atoms with Crippen LogP contribution < -0.4 is 11.1 Å². The van der Waals surface area contributed by atoms with Gasteiger partial charge in [0.2, 0.25) is 5.91 Å². The highest BCUT2D eigenvalue weighted by molar-refractivity contribution is 5.94. The Hall–Kier alpha value is -1.98. The van der Waals surface area contributed by atoms with E-state index in [2.05, 4.69) is 15.3 Å². The predicted octanol–water partition coefficient (Wildman–Crippen LogP) is 3.19. The van der Waals surface area contributed by atoms with Crippen LogP contribution in [0.3, 0.4) is 0 Å². The topological polar surface area (TPSA) is 80.9 Å². The van der Waals surface area contributed by atoms with Gasteiger partial charge in [-0.2, -0.15) is 0 Å². The number of fused-ring (bicyclic) bond motifs is 2. The maximum absolute atomic E-state index is 12.7. The molecular formula is C19H23ClN4O. The van der Waals surface area contributed by atoms with Crippen LogP contribution in [0.15, 0.2) is 36.5 Å². The fourth-order valence-electron chi connectivity index (χ4n) is 4.32. The van der Waals surface area contributed by atoms with Gasteiger partial charge in [-0.25, -0.2) is 9.97 Å². The van der Waals surface area contributed by atoms with Crippen LogP contribution in [0.5, 0.6) is 0 Å². The molecule has 0 spiro atoms. The standard InChI is InChI=1S/C19H22N4O.ClH/c1-11-21-8-7-16(22-11)12-3-2-4-15(10-12)23-19(24)17-13-5-6-14(9-13)18(17)20;/h2-4,7-8,10,13-14,17-18H,5-6,9,20H2,1H3,(H,23,24);1H. The summed E-state index contributed by atoms with van der Waals surface area (Å²) in [5, 5.41) is 3.06. The number of aryl methyl sites for hydroxylation is 1. The molecule has 6 heteroatoms. The summed E-state index contributed by atoms with van der Waals surface area (Å²) >= 11 is 0. The number of benzene rings is 1. The minimum Gasteiger partial charge on any atom is -0.327 e. The summed E-state index contributed by atoms with van der Waals surface area (Å²) in [6.45, 7) is 1.87. The lowest BCUT2D eigenvalue weighted by atomic mass is 9.84. The Morgan fingerprint density at radius 1 is 1.24 bits per heavy atom. The van der Waals surface area contributed by atoms with Gasteiger partial charge in [-0.1, -0.05) is 12.1 Å². The van der Waals surface area contributed by atoms with Crippen LogP contribution in [-0.2, 0) is 4.79 Å². The molecular weight excluding hydrogens is 336 g/mol. The van der Waals surface area contributed by atoms with Crippen molar-refractivity contribution in [3.8, 4) is 11.3 Å². The van der Waals surface area contributed by atoms with Crippen LogP contribution in [0.4, 0.5) is 5.69 Å². The zero-order chi connectivity index (χ0) is 16.7. The molecule has 2 aliphatic carbocycles. The van der Waals surface area contributed by atoms with E-state index >= 15 is 0 Å². The minimum atomic E-state index is -0.0475. The first kappa shape index (κ1) is 17.8. The summed E-state index contributed by atoms with van der Waals surface area (Å²) in [5.74, 6) is 1.73. The molecule has 2 aliphatic rings. The number of anilines is 1. The number of amides is 1. The normalized spacial score (nSPS) is 27.0. The first-order chi connectivity index (χ1) is 11.6. The van der Waals surface area contributed by atoms with Crippen molar-refractivity contribution in [1.29, 1.82) is 0 Å². The summed E-state index contributed by atoms with van der Waals surface area (Å²) in [5.41, 5.74) is 8.90. The molecule has 2 fully saturated rings. The highest BCUT2D eigenvalue weighted by atomic mass is 35.5. The van der Waals surface area contributed by atoms with Crippen molar-refractivity contribution in [2.45, 2.75) is 32.2 Å².